The van der Waals surface area contributed by atoms with Crippen molar-refractivity contribution in [3.05, 3.63) is 182 Å². The number of aromatic nitrogens is 4. The molecule has 54 heavy (non-hydrogen) atoms. The molecule has 4 nitrogen and oxygen atoms in total. The van der Waals surface area contributed by atoms with E-state index < -0.39 is 0 Å². The quantitative estimate of drug-likeness (QED) is 0.185. The standard InChI is InChI=1S/C50H30N4/c1-3-12-34(13-4-1)53-44-21-10-9-17-37(44)41-28-31(23-26-45(41)53)32-24-27-46-42(29-32)38-25-22-33(30-47(38)54(46)35-14-5-2-6-15-35)50-51-43-20-11-19-39-36-16-7-8-18-40(36)49(52-50)48(39)43/h1-30H. The van der Waals surface area contributed by atoms with Crippen LogP contribution in [0.4, 0.5) is 0 Å². The van der Waals surface area contributed by atoms with E-state index in [1.165, 1.54) is 66.1 Å². The predicted molar refractivity (Wildman–Crippen MR) is 224 cm³/mol. The minimum Gasteiger partial charge on any atom is -0.309 e. The second kappa shape index (κ2) is 11.1. The average molecular weight is 687 g/mol. The van der Waals surface area contributed by atoms with E-state index >= 15 is 0 Å². The van der Waals surface area contributed by atoms with Gasteiger partial charge in [0.1, 0.15) is 0 Å². The third-order valence-corrected chi connectivity index (χ3v) is 11.3. The molecule has 12 rings (SSSR count). The molecule has 1 aliphatic rings. The maximum absolute atomic E-state index is 5.25. The van der Waals surface area contributed by atoms with Gasteiger partial charge in [0.05, 0.1) is 33.3 Å². The molecule has 11 aromatic rings. The molecule has 0 aliphatic heterocycles. The summed E-state index contributed by atoms with van der Waals surface area (Å²) in [5, 5.41) is 6.04. The number of rotatable bonds is 4. The summed E-state index contributed by atoms with van der Waals surface area (Å²) >= 11 is 0. The molecule has 1 aliphatic carbocycles. The smallest absolute Gasteiger partial charge is 0.160 e. The Morgan fingerprint density at radius 2 is 0.889 bits per heavy atom. The maximum Gasteiger partial charge on any atom is 0.160 e. The summed E-state index contributed by atoms with van der Waals surface area (Å²) in [5.74, 6) is 0.738. The predicted octanol–water partition coefficient (Wildman–Crippen LogP) is 12.8. The first-order valence-corrected chi connectivity index (χ1v) is 18.4. The van der Waals surface area contributed by atoms with Crippen molar-refractivity contribution in [1.29, 1.82) is 0 Å². The molecular formula is C50H30N4. The molecule has 3 heterocycles. The van der Waals surface area contributed by atoms with Crippen molar-refractivity contribution in [3.63, 3.8) is 0 Å². The summed E-state index contributed by atoms with van der Waals surface area (Å²) in [4.78, 5) is 10.4. The highest BCUT2D eigenvalue weighted by atomic mass is 15.0. The first kappa shape index (κ1) is 29.3. The highest BCUT2D eigenvalue weighted by molar-refractivity contribution is 6.15. The monoisotopic (exact) mass is 686 g/mol. The second-order valence-corrected chi connectivity index (χ2v) is 14.2. The number of nitrogens with zero attached hydrogens (tertiary/aromatic N) is 4. The van der Waals surface area contributed by atoms with Gasteiger partial charge in [-0.3, -0.25) is 0 Å². The largest absolute Gasteiger partial charge is 0.309 e. The Morgan fingerprint density at radius 1 is 0.333 bits per heavy atom. The normalized spacial score (nSPS) is 12.1. The number of benzene rings is 8. The molecule has 0 saturated heterocycles. The lowest BCUT2D eigenvalue weighted by atomic mass is 10.0. The van der Waals surface area contributed by atoms with E-state index in [4.69, 9.17) is 9.97 Å². The van der Waals surface area contributed by atoms with Crippen molar-refractivity contribution in [2.75, 3.05) is 0 Å². The lowest BCUT2D eigenvalue weighted by molar-refractivity contribution is 1.18. The van der Waals surface area contributed by atoms with Crippen LogP contribution in [0.5, 0.6) is 0 Å². The summed E-state index contributed by atoms with van der Waals surface area (Å²) < 4.78 is 4.75. The third-order valence-electron chi connectivity index (χ3n) is 11.3. The van der Waals surface area contributed by atoms with Crippen molar-refractivity contribution in [1.82, 2.24) is 19.1 Å². The zero-order valence-corrected chi connectivity index (χ0v) is 29.1. The van der Waals surface area contributed by atoms with E-state index in [1.54, 1.807) is 0 Å². The van der Waals surface area contributed by atoms with Crippen LogP contribution >= 0.6 is 0 Å². The van der Waals surface area contributed by atoms with Gasteiger partial charge in [0.15, 0.2) is 5.82 Å². The fourth-order valence-electron chi connectivity index (χ4n) is 8.86. The van der Waals surface area contributed by atoms with Crippen LogP contribution < -0.4 is 0 Å². The van der Waals surface area contributed by atoms with Gasteiger partial charge in [-0.15, -0.1) is 0 Å². The molecule has 0 atom stereocenters. The number of fused-ring (bicyclic) bond motifs is 9. The maximum atomic E-state index is 5.25. The molecule has 0 amide bonds. The van der Waals surface area contributed by atoms with Gasteiger partial charge in [0, 0.05) is 49.4 Å². The molecule has 0 radical (unpaired) electrons. The summed E-state index contributed by atoms with van der Waals surface area (Å²) in [5.41, 5.74) is 16.0. The second-order valence-electron chi connectivity index (χ2n) is 14.2. The molecule has 250 valence electrons. The van der Waals surface area contributed by atoms with E-state index in [9.17, 15) is 0 Å². The fraction of sp³-hybridized carbons (Fsp3) is 0. The fourth-order valence-corrected chi connectivity index (χ4v) is 8.86. The van der Waals surface area contributed by atoms with Crippen LogP contribution in [0.3, 0.4) is 0 Å². The minimum absolute atomic E-state index is 0.738. The topological polar surface area (TPSA) is 35.6 Å². The van der Waals surface area contributed by atoms with Gasteiger partial charge in [-0.2, -0.15) is 0 Å². The lowest BCUT2D eigenvalue weighted by Gasteiger charge is -2.10. The zero-order chi connectivity index (χ0) is 35.3. The molecule has 0 fully saturated rings. The Labute approximate surface area is 310 Å². The zero-order valence-electron chi connectivity index (χ0n) is 29.1. The molecule has 0 bridgehead atoms. The summed E-state index contributed by atoms with van der Waals surface area (Å²) in [6.07, 6.45) is 0. The average Bonchev–Trinajstić information content (AvgIpc) is 3.87. The van der Waals surface area contributed by atoms with Crippen molar-refractivity contribution in [2.45, 2.75) is 0 Å². The van der Waals surface area contributed by atoms with E-state index in [0.29, 0.717) is 0 Å². The Balaban J connectivity index is 1.05. The Morgan fingerprint density at radius 3 is 1.61 bits per heavy atom. The minimum atomic E-state index is 0.738. The van der Waals surface area contributed by atoms with Gasteiger partial charge in [-0.1, -0.05) is 115 Å². The van der Waals surface area contributed by atoms with E-state index in [2.05, 4.69) is 191 Å². The van der Waals surface area contributed by atoms with Gasteiger partial charge < -0.3 is 9.13 Å². The third kappa shape index (κ3) is 4.13. The number of hydrogen-bond acceptors (Lipinski definition) is 2. The van der Waals surface area contributed by atoms with Crippen molar-refractivity contribution < 1.29 is 0 Å². The van der Waals surface area contributed by atoms with Crippen molar-refractivity contribution >= 4 is 54.5 Å². The molecule has 3 aromatic heterocycles. The summed E-state index contributed by atoms with van der Waals surface area (Å²) in [7, 11) is 0. The highest BCUT2D eigenvalue weighted by Crippen LogP contribution is 2.46. The van der Waals surface area contributed by atoms with Crippen LogP contribution in [0.15, 0.2) is 182 Å². The number of para-hydroxylation sites is 3. The van der Waals surface area contributed by atoms with Crippen LogP contribution in [-0.2, 0) is 0 Å². The van der Waals surface area contributed by atoms with Gasteiger partial charge >= 0.3 is 0 Å². The number of hydrogen-bond donors (Lipinski definition) is 0. The summed E-state index contributed by atoms with van der Waals surface area (Å²) in [6, 6.07) is 65.5. The van der Waals surface area contributed by atoms with Crippen LogP contribution in [0, 0.1) is 0 Å². The van der Waals surface area contributed by atoms with Crippen molar-refractivity contribution in [3.8, 4) is 56.3 Å². The molecule has 0 N–H and O–H groups in total. The molecule has 0 unspecified atom stereocenters. The van der Waals surface area contributed by atoms with E-state index in [1.807, 2.05) is 0 Å². The van der Waals surface area contributed by atoms with E-state index in [0.717, 1.165) is 44.7 Å². The van der Waals surface area contributed by atoms with Crippen LogP contribution in [0.1, 0.15) is 0 Å². The molecule has 0 spiro atoms. The van der Waals surface area contributed by atoms with Crippen molar-refractivity contribution in [2.24, 2.45) is 0 Å². The van der Waals surface area contributed by atoms with E-state index in [-0.39, 0.29) is 0 Å². The molecule has 0 saturated carbocycles. The van der Waals surface area contributed by atoms with Crippen LogP contribution in [-0.4, -0.2) is 19.1 Å². The van der Waals surface area contributed by atoms with Gasteiger partial charge in [0.2, 0.25) is 0 Å². The Hall–Kier alpha value is -7.30. The van der Waals surface area contributed by atoms with Gasteiger partial charge in [-0.25, -0.2) is 9.97 Å². The lowest BCUT2D eigenvalue weighted by Crippen LogP contribution is -1.95. The summed E-state index contributed by atoms with van der Waals surface area (Å²) in [6.45, 7) is 0. The Bertz CT molecular complexity index is 3320. The van der Waals surface area contributed by atoms with Crippen LogP contribution in [0.25, 0.3) is 111 Å². The molecule has 4 heteroatoms. The highest BCUT2D eigenvalue weighted by Gasteiger charge is 2.24. The first-order valence-electron chi connectivity index (χ1n) is 18.4. The molecule has 8 aromatic carbocycles. The SMILES string of the molecule is c1ccc(-n2c3ccccc3c3cc(-c4ccc5c(c4)c4ccc(-c6nc7c8c(cccc8n6)-c6ccccc6-7)cc4n5-c4ccccc4)ccc32)cc1. The van der Waals surface area contributed by atoms with Gasteiger partial charge in [0.25, 0.3) is 0 Å². The first-order chi connectivity index (χ1) is 26.8. The van der Waals surface area contributed by atoms with Gasteiger partial charge in [-0.05, 0) is 89.0 Å². The Kier molecular flexibility index (Phi) is 6.02. The molecular weight excluding hydrogens is 657 g/mol. The van der Waals surface area contributed by atoms with Crippen LogP contribution in [0.2, 0.25) is 0 Å².